The third-order valence-electron chi connectivity index (χ3n) is 2.52. The van der Waals surface area contributed by atoms with Crippen molar-refractivity contribution >= 4 is 17.3 Å². The second kappa shape index (κ2) is 4.27. The quantitative estimate of drug-likeness (QED) is 0.769. The molecular formula is C10H13ClN4O. The Kier molecular flexibility index (Phi) is 2.98. The van der Waals surface area contributed by atoms with E-state index in [9.17, 15) is 4.79 Å². The van der Waals surface area contributed by atoms with Gasteiger partial charge in [-0.15, -0.1) is 6.58 Å². The summed E-state index contributed by atoms with van der Waals surface area (Å²) in [6.07, 6.45) is 3.20. The highest BCUT2D eigenvalue weighted by molar-refractivity contribution is 6.33. The summed E-state index contributed by atoms with van der Waals surface area (Å²) in [5.41, 5.74) is 6.04. The van der Waals surface area contributed by atoms with Gasteiger partial charge in [0.25, 0.3) is 5.56 Å². The van der Waals surface area contributed by atoms with Gasteiger partial charge in [0, 0.05) is 19.1 Å². The molecule has 1 fully saturated rings. The van der Waals surface area contributed by atoms with Crippen molar-refractivity contribution in [2.45, 2.75) is 12.6 Å². The number of nitrogens with zero attached hydrogens (tertiary/aromatic N) is 3. The summed E-state index contributed by atoms with van der Waals surface area (Å²) in [6, 6.07) is 0.159. The number of hydrogen-bond donors (Lipinski definition) is 1. The van der Waals surface area contributed by atoms with Gasteiger partial charge in [-0.25, -0.2) is 4.68 Å². The molecule has 2 N–H and O–H groups in total. The van der Waals surface area contributed by atoms with Gasteiger partial charge in [-0.1, -0.05) is 17.7 Å². The molecule has 1 aliphatic heterocycles. The molecule has 1 saturated heterocycles. The van der Waals surface area contributed by atoms with Crippen LogP contribution >= 0.6 is 11.6 Å². The minimum Gasteiger partial charge on any atom is -0.366 e. The van der Waals surface area contributed by atoms with E-state index in [2.05, 4.69) is 11.7 Å². The van der Waals surface area contributed by atoms with E-state index >= 15 is 0 Å². The Balaban J connectivity index is 2.32. The van der Waals surface area contributed by atoms with E-state index in [-0.39, 0.29) is 16.6 Å². The molecule has 1 aromatic rings. The van der Waals surface area contributed by atoms with Gasteiger partial charge >= 0.3 is 0 Å². The van der Waals surface area contributed by atoms with Gasteiger partial charge in [-0.3, -0.25) is 4.79 Å². The fourth-order valence-corrected chi connectivity index (χ4v) is 1.90. The molecule has 0 saturated carbocycles. The van der Waals surface area contributed by atoms with Crippen LogP contribution in [0, 0.1) is 0 Å². The van der Waals surface area contributed by atoms with Crippen molar-refractivity contribution in [1.82, 2.24) is 9.78 Å². The second-order valence-electron chi connectivity index (χ2n) is 3.78. The van der Waals surface area contributed by atoms with Crippen LogP contribution in [0.2, 0.25) is 5.02 Å². The van der Waals surface area contributed by atoms with Gasteiger partial charge in [0.2, 0.25) is 0 Å². The lowest BCUT2D eigenvalue weighted by Gasteiger charge is -2.38. The van der Waals surface area contributed by atoms with Crippen LogP contribution in [-0.2, 0) is 6.54 Å². The minimum absolute atomic E-state index is 0.159. The molecule has 16 heavy (non-hydrogen) atoms. The number of nitrogens with two attached hydrogens (primary N) is 1. The van der Waals surface area contributed by atoms with Crippen molar-refractivity contribution < 1.29 is 0 Å². The first kappa shape index (κ1) is 11.2. The molecule has 1 aromatic heterocycles. The Morgan fingerprint density at radius 3 is 2.94 bits per heavy atom. The number of aromatic nitrogens is 2. The molecule has 0 unspecified atom stereocenters. The lowest BCUT2D eigenvalue weighted by molar-refractivity contribution is 0.516. The molecular weight excluding hydrogens is 228 g/mol. The minimum atomic E-state index is -0.292. The molecule has 0 amide bonds. The maximum atomic E-state index is 11.8. The zero-order chi connectivity index (χ0) is 11.7. The molecule has 0 radical (unpaired) electrons. The second-order valence-corrected chi connectivity index (χ2v) is 4.16. The fourth-order valence-electron chi connectivity index (χ4n) is 1.64. The molecule has 86 valence electrons. The summed E-state index contributed by atoms with van der Waals surface area (Å²) in [5.74, 6) is 0. The molecule has 0 aromatic carbocycles. The Labute approximate surface area is 98.1 Å². The monoisotopic (exact) mass is 240 g/mol. The van der Waals surface area contributed by atoms with Crippen LogP contribution in [-0.4, -0.2) is 28.9 Å². The van der Waals surface area contributed by atoms with Crippen molar-refractivity contribution in [2.75, 3.05) is 18.0 Å². The topological polar surface area (TPSA) is 64.2 Å². The third kappa shape index (κ3) is 1.83. The average molecular weight is 241 g/mol. The predicted molar refractivity (Wildman–Crippen MR) is 63.9 cm³/mol. The van der Waals surface area contributed by atoms with Crippen LogP contribution in [0.1, 0.15) is 0 Å². The van der Waals surface area contributed by atoms with E-state index < -0.39 is 0 Å². The van der Waals surface area contributed by atoms with Crippen LogP contribution in [0.5, 0.6) is 0 Å². The lowest BCUT2D eigenvalue weighted by atomic mass is 10.1. The van der Waals surface area contributed by atoms with E-state index in [1.54, 1.807) is 12.3 Å². The van der Waals surface area contributed by atoms with Crippen LogP contribution < -0.4 is 16.2 Å². The summed E-state index contributed by atoms with van der Waals surface area (Å²) in [4.78, 5) is 13.7. The van der Waals surface area contributed by atoms with Crippen LogP contribution in [0.25, 0.3) is 0 Å². The van der Waals surface area contributed by atoms with Crippen molar-refractivity contribution in [2.24, 2.45) is 5.73 Å². The van der Waals surface area contributed by atoms with Gasteiger partial charge in [0.15, 0.2) is 0 Å². The SMILES string of the molecule is C=CCn1ncc(N2CC(N)C2)c(Cl)c1=O. The van der Waals surface area contributed by atoms with Crippen molar-refractivity contribution in [3.05, 3.63) is 34.2 Å². The largest absolute Gasteiger partial charge is 0.366 e. The Hall–Kier alpha value is -1.33. The van der Waals surface area contributed by atoms with E-state index in [1.807, 2.05) is 4.90 Å². The summed E-state index contributed by atoms with van der Waals surface area (Å²) in [7, 11) is 0. The number of allylic oxidation sites excluding steroid dienone is 1. The smallest absolute Gasteiger partial charge is 0.287 e. The molecule has 5 nitrogen and oxygen atoms in total. The predicted octanol–water partition coefficient (Wildman–Crippen LogP) is 0.230. The first-order valence-corrected chi connectivity index (χ1v) is 5.38. The highest BCUT2D eigenvalue weighted by Crippen LogP contribution is 2.24. The van der Waals surface area contributed by atoms with Gasteiger partial charge < -0.3 is 10.6 Å². The van der Waals surface area contributed by atoms with Gasteiger partial charge in [0.1, 0.15) is 5.02 Å². The molecule has 0 bridgehead atoms. The van der Waals surface area contributed by atoms with Crippen molar-refractivity contribution in [3.8, 4) is 0 Å². The third-order valence-corrected chi connectivity index (χ3v) is 2.87. The van der Waals surface area contributed by atoms with Gasteiger partial charge in [-0.2, -0.15) is 5.10 Å². The first-order chi connectivity index (χ1) is 7.63. The average Bonchev–Trinajstić information content (AvgIpc) is 2.22. The Bertz CT molecular complexity index is 464. The molecule has 2 heterocycles. The first-order valence-electron chi connectivity index (χ1n) is 5.00. The normalized spacial score (nSPS) is 16.0. The summed E-state index contributed by atoms with van der Waals surface area (Å²) in [6.45, 7) is 5.34. The molecule has 0 atom stereocenters. The molecule has 0 aliphatic carbocycles. The summed E-state index contributed by atoms with van der Waals surface area (Å²) in [5, 5.41) is 4.22. The highest BCUT2D eigenvalue weighted by atomic mass is 35.5. The molecule has 6 heteroatoms. The van der Waals surface area contributed by atoms with Gasteiger partial charge in [-0.05, 0) is 0 Å². The summed E-state index contributed by atoms with van der Waals surface area (Å²) >= 11 is 6.00. The lowest BCUT2D eigenvalue weighted by Crippen LogP contribution is -2.56. The zero-order valence-corrected chi connectivity index (χ0v) is 9.52. The number of hydrogen-bond acceptors (Lipinski definition) is 4. The number of rotatable bonds is 3. The van der Waals surface area contributed by atoms with Crippen LogP contribution in [0.3, 0.4) is 0 Å². The van der Waals surface area contributed by atoms with E-state index in [0.29, 0.717) is 25.3 Å². The maximum Gasteiger partial charge on any atom is 0.287 e. The Morgan fingerprint density at radius 2 is 2.38 bits per heavy atom. The van der Waals surface area contributed by atoms with Gasteiger partial charge in [0.05, 0.1) is 18.4 Å². The summed E-state index contributed by atoms with van der Waals surface area (Å²) < 4.78 is 1.28. The maximum absolute atomic E-state index is 11.8. The van der Waals surface area contributed by atoms with Crippen LogP contribution in [0.15, 0.2) is 23.6 Å². The van der Waals surface area contributed by atoms with E-state index in [1.165, 1.54) is 4.68 Å². The fraction of sp³-hybridized carbons (Fsp3) is 0.400. The highest BCUT2D eigenvalue weighted by Gasteiger charge is 2.26. The molecule has 2 rings (SSSR count). The number of halogens is 1. The van der Waals surface area contributed by atoms with Crippen molar-refractivity contribution in [3.63, 3.8) is 0 Å². The molecule has 0 spiro atoms. The Morgan fingerprint density at radius 1 is 1.69 bits per heavy atom. The van der Waals surface area contributed by atoms with E-state index in [4.69, 9.17) is 17.3 Å². The van der Waals surface area contributed by atoms with Crippen LogP contribution in [0.4, 0.5) is 5.69 Å². The number of anilines is 1. The van der Waals surface area contributed by atoms with E-state index in [0.717, 1.165) is 0 Å². The van der Waals surface area contributed by atoms with Crippen molar-refractivity contribution in [1.29, 1.82) is 0 Å². The zero-order valence-electron chi connectivity index (χ0n) is 8.77. The molecule has 1 aliphatic rings. The standard InChI is InChI=1S/C10H13ClN4O/c1-2-3-15-10(16)9(11)8(4-13-15)14-5-7(12)6-14/h2,4,7H,1,3,5-6,12H2.